The number of nitrogens with one attached hydrogen (secondary N) is 3. The van der Waals surface area contributed by atoms with Gasteiger partial charge in [0.05, 0.1) is 22.2 Å². The number of hydrogen-bond donors (Lipinski definition) is 3. The first-order chi connectivity index (χ1) is 14.7. The third-order valence-corrected chi connectivity index (χ3v) is 7.08. The van der Waals surface area contributed by atoms with Gasteiger partial charge in [-0.1, -0.05) is 28.1 Å². The Morgan fingerprint density at radius 2 is 1.90 bits per heavy atom. The molecule has 3 saturated heterocycles. The number of aromatic amines is 2. The van der Waals surface area contributed by atoms with Crippen LogP contribution in [0, 0.1) is 5.92 Å². The van der Waals surface area contributed by atoms with Gasteiger partial charge in [-0.2, -0.15) is 0 Å². The van der Waals surface area contributed by atoms with E-state index in [0.717, 1.165) is 38.6 Å². The number of H-pyrrole nitrogens is 2. The summed E-state index contributed by atoms with van der Waals surface area (Å²) in [7, 11) is 0. The van der Waals surface area contributed by atoms with Crippen LogP contribution >= 0.6 is 15.9 Å². The fourth-order valence-corrected chi connectivity index (χ4v) is 5.39. The number of halogens is 1. The van der Waals surface area contributed by atoms with Crippen molar-refractivity contribution in [2.24, 2.45) is 5.92 Å². The molecule has 4 aromatic rings. The lowest BCUT2D eigenvalue weighted by atomic mass is 9.83. The highest BCUT2D eigenvalue weighted by molar-refractivity contribution is 9.10. The predicted octanol–water partition coefficient (Wildman–Crippen LogP) is 4.34. The largest absolute Gasteiger partial charge is 0.379 e. The highest BCUT2D eigenvalue weighted by Gasteiger charge is 2.35. The highest BCUT2D eigenvalue weighted by Crippen LogP contribution is 2.36. The zero-order valence-electron chi connectivity index (χ0n) is 16.4. The lowest BCUT2D eigenvalue weighted by Crippen LogP contribution is -2.53. The molecule has 0 aliphatic carbocycles. The number of para-hydroxylation sites is 2. The summed E-state index contributed by atoms with van der Waals surface area (Å²) < 4.78 is 0.941. The smallest absolute Gasteiger partial charge is 0.261 e. The average molecular weight is 464 g/mol. The van der Waals surface area contributed by atoms with Crippen LogP contribution in [0.5, 0.6) is 0 Å². The molecule has 6 nitrogen and oxygen atoms in total. The second-order valence-corrected chi connectivity index (χ2v) is 9.30. The van der Waals surface area contributed by atoms with Gasteiger partial charge >= 0.3 is 0 Å². The molecular formula is C23H22BrN5O. The third-order valence-electron chi connectivity index (χ3n) is 6.59. The fourth-order valence-electron chi connectivity index (χ4n) is 5.03. The van der Waals surface area contributed by atoms with Crippen molar-refractivity contribution in [2.45, 2.75) is 18.9 Å². The number of rotatable bonds is 3. The average Bonchev–Trinajstić information content (AvgIpc) is 3.18. The first-order valence-electron chi connectivity index (χ1n) is 10.5. The summed E-state index contributed by atoms with van der Waals surface area (Å²) in [5, 5.41) is 4.79. The first-order valence-corrected chi connectivity index (χ1v) is 11.2. The molecule has 0 unspecified atom stereocenters. The van der Waals surface area contributed by atoms with Crippen molar-refractivity contribution in [1.29, 1.82) is 0 Å². The molecule has 152 valence electrons. The molecule has 2 aromatic heterocycles. The van der Waals surface area contributed by atoms with Crippen LogP contribution in [0.2, 0.25) is 0 Å². The first kappa shape index (κ1) is 18.2. The Labute approximate surface area is 181 Å². The maximum absolute atomic E-state index is 13.3. The molecule has 0 saturated carbocycles. The number of anilines is 1. The van der Waals surface area contributed by atoms with Gasteiger partial charge in [-0.05, 0) is 62.2 Å². The Balaban J connectivity index is 1.56. The zero-order valence-corrected chi connectivity index (χ0v) is 18.0. The van der Waals surface area contributed by atoms with Gasteiger partial charge in [-0.3, -0.25) is 4.79 Å². The van der Waals surface area contributed by atoms with E-state index in [2.05, 4.69) is 42.2 Å². The van der Waals surface area contributed by atoms with Gasteiger partial charge in [0.15, 0.2) is 0 Å². The van der Waals surface area contributed by atoms with Crippen molar-refractivity contribution >= 4 is 43.6 Å². The fraction of sp³-hybridized carbons (Fsp3) is 0.304. The van der Waals surface area contributed by atoms with Crippen LogP contribution in [0.15, 0.2) is 51.7 Å². The molecule has 2 aromatic carbocycles. The van der Waals surface area contributed by atoms with E-state index in [-0.39, 0.29) is 5.56 Å². The van der Waals surface area contributed by atoms with Crippen LogP contribution in [0.3, 0.4) is 0 Å². The monoisotopic (exact) mass is 463 g/mol. The summed E-state index contributed by atoms with van der Waals surface area (Å²) in [5.74, 6) is 1.24. The van der Waals surface area contributed by atoms with E-state index < -0.39 is 0 Å². The van der Waals surface area contributed by atoms with Gasteiger partial charge in [-0.25, -0.2) is 4.98 Å². The molecule has 7 rings (SSSR count). The summed E-state index contributed by atoms with van der Waals surface area (Å²) in [6.45, 7) is 3.39. The molecule has 0 radical (unpaired) electrons. The highest BCUT2D eigenvalue weighted by atomic mass is 79.9. The SMILES string of the molecule is O=c1[nH]c2cc(Br)ccc2c(N[C@H]2CN3CCC2CC3)c1-c1nc2ccccc2[nH]1. The van der Waals surface area contributed by atoms with E-state index in [4.69, 9.17) is 4.98 Å². The summed E-state index contributed by atoms with van der Waals surface area (Å²) in [6.07, 6.45) is 2.43. The number of nitrogens with zero attached hydrogens (tertiary/aromatic N) is 2. The molecule has 0 amide bonds. The number of aromatic nitrogens is 3. The maximum Gasteiger partial charge on any atom is 0.261 e. The number of imidazole rings is 1. The van der Waals surface area contributed by atoms with Crippen molar-refractivity contribution in [3.8, 4) is 11.4 Å². The standard InChI is InChI=1S/C23H22BrN5O/c24-14-5-6-15-18(11-14)28-23(30)20(22-26-16-3-1-2-4-17(16)27-22)21(15)25-19-12-29-9-7-13(19)8-10-29/h1-6,11,13,19H,7-10,12H2,(H,26,27)(H2,25,28,30)/t19-/m0/s1. The Kier molecular flexibility index (Phi) is 4.21. The molecule has 2 bridgehead atoms. The van der Waals surface area contributed by atoms with E-state index in [1.807, 2.05) is 36.4 Å². The number of fused-ring (bicyclic) bond motifs is 5. The second kappa shape index (κ2) is 6.96. The van der Waals surface area contributed by atoms with Crippen molar-refractivity contribution in [3.05, 3.63) is 57.3 Å². The Hall–Kier alpha value is -2.64. The minimum absolute atomic E-state index is 0.136. The Morgan fingerprint density at radius 3 is 2.67 bits per heavy atom. The van der Waals surface area contributed by atoms with Crippen LogP contribution < -0.4 is 10.9 Å². The summed E-state index contributed by atoms with van der Waals surface area (Å²) in [6, 6.07) is 14.3. The molecule has 7 heteroatoms. The molecule has 3 aliphatic rings. The molecule has 1 atom stereocenters. The molecule has 3 N–H and O–H groups in total. The Bertz CT molecular complexity index is 1290. The molecule has 0 spiro atoms. The Morgan fingerprint density at radius 1 is 1.07 bits per heavy atom. The van der Waals surface area contributed by atoms with Crippen LogP contribution in [-0.4, -0.2) is 45.5 Å². The molecule has 5 heterocycles. The van der Waals surface area contributed by atoms with E-state index in [1.54, 1.807) is 0 Å². The van der Waals surface area contributed by atoms with Gasteiger partial charge in [0, 0.05) is 22.4 Å². The van der Waals surface area contributed by atoms with Crippen molar-refractivity contribution in [2.75, 3.05) is 25.0 Å². The number of piperidine rings is 3. The minimum Gasteiger partial charge on any atom is -0.379 e. The minimum atomic E-state index is -0.136. The van der Waals surface area contributed by atoms with Gasteiger partial charge in [0.1, 0.15) is 11.4 Å². The van der Waals surface area contributed by atoms with E-state index in [9.17, 15) is 4.79 Å². The lowest BCUT2D eigenvalue weighted by Gasteiger charge is -2.45. The van der Waals surface area contributed by atoms with Crippen LogP contribution in [0.4, 0.5) is 5.69 Å². The third kappa shape index (κ3) is 2.96. The van der Waals surface area contributed by atoms with E-state index in [0.29, 0.717) is 23.3 Å². The van der Waals surface area contributed by atoms with Gasteiger partial charge < -0.3 is 20.2 Å². The van der Waals surface area contributed by atoms with Crippen LogP contribution in [-0.2, 0) is 0 Å². The predicted molar refractivity (Wildman–Crippen MR) is 124 cm³/mol. The molecular weight excluding hydrogens is 442 g/mol. The molecule has 30 heavy (non-hydrogen) atoms. The lowest BCUT2D eigenvalue weighted by molar-refractivity contribution is 0.0976. The summed E-state index contributed by atoms with van der Waals surface area (Å²) in [5.41, 5.74) is 3.92. The summed E-state index contributed by atoms with van der Waals surface area (Å²) >= 11 is 3.53. The summed E-state index contributed by atoms with van der Waals surface area (Å²) in [4.78, 5) is 26.9. The van der Waals surface area contributed by atoms with Crippen LogP contribution in [0.1, 0.15) is 12.8 Å². The van der Waals surface area contributed by atoms with Crippen molar-refractivity contribution < 1.29 is 0 Å². The topological polar surface area (TPSA) is 76.8 Å². The molecule has 3 fully saturated rings. The second-order valence-electron chi connectivity index (χ2n) is 8.39. The van der Waals surface area contributed by atoms with Gasteiger partial charge in [0.2, 0.25) is 0 Å². The van der Waals surface area contributed by atoms with Crippen molar-refractivity contribution in [3.63, 3.8) is 0 Å². The zero-order chi connectivity index (χ0) is 20.2. The van der Waals surface area contributed by atoms with Gasteiger partial charge in [0.25, 0.3) is 5.56 Å². The van der Waals surface area contributed by atoms with Crippen LogP contribution in [0.25, 0.3) is 33.3 Å². The number of pyridine rings is 1. The number of benzene rings is 2. The normalized spacial score (nSPS) is 23.3. The van der Waals surface area contributed by atoms with Gasteiger partial charge in [-0.15, -0.1) is 0 Å². The van der Waals surface area contributed by atoms with Crippen molar-refractivity contribution in [1.82, 2.24) is 19.9 Å². The maximum atomic E-state index is 13.3. The van der Waals surface area contributed by atoms with E-state index >= 15 is 0 Å². The number of hydrogen-bond acceptors (Lipinski definition) is 4. The quantitative estimate of drug-likeness (QED) is 0.422. The molecule has 3 aliphatic heterocycles. The van der Waals surface area contributed by atoms with E-state index in [1.165, 1.54) is 25.9 Å².